The molecule has 0 aliphatic carbocycles. The minimum absolute atomic E-state index is 0.471. The minimum Gasteiger partial charge on any atom is -0.436 e. The molecule has 2 aromatic carbocycles. The van der Waals surface area contributed by atoms with E-state index in [1.165, 1.54) is 5.52 Å². The molecule has 0 atom stereocenters. The third-order valence-electron chi connectivity index (χ3n) is 5.18. The maximum absolute atomic E-state index is 5.92. The van der Waals surface area contributed by atoms with Crippen molar-refractivity contribution in [1.29, 1.82) is 0 Å². The van der Waals surface area contributed by atoms with Crippen LogP contribution in [-0.4, -0.2) is 27.7 Å². The molecule has 1 aliphatic heterocycles. The number of benzene rings is 2. The molecule has 1 fully saturated rings. The van der Waals surface area contributed by atoms with Gasteiger partial charge in [-0.2, -0.15) is 0 Å². The molecule has 0 unspecified atom stereocenters. The second-order valence-electron chi connectivity index (χ2n) is 6.79. The predicted molar refractivity (Wildman–Crippen MR) is 101 cm³/mol. The van der Waals surface area contributed by atoms with Crippen LogP contribution in [0.5, 0.6) is 0 Å². The highest BCUT2D eigenvalue weighted by Gasteiger charge is 2.21. The zero-order chi connectivity index (χ0) is 17.5. The molecule has 0 radical (unpaired) electrons. The molecule has 26 heavy (non-hydrogen) atoms. The Kier molecular flexibility index (Phi) is 3.75. The van der Waals surface area contributed by atoms with E-state index in [1.807, 2.05) is 24.3 Å². The third kappa shape index (κ3) is 2.51. The lowest BCUT2D eigenvalue weighted by Crippen LogP contribution is -2.21. The monoisotopic (exact) mass is 347 g/mol. The second-order valence-corrected chi connectivity index (χ2v) is 6.79. The van der Waals surface area contributed by atoms with Crippen LogP contribution >= 0.6 is 0 Å². The largest absolute Gasteiger partial charge is 0.436 e. The van der Waals surface area contributed by atoms with E-state index in [2.05, 4.69) is 34.7 Å². The average Bonchev–Trinajstić information content (AvgIpc) is 3.29. The van der Waals surface area contributed by atoms with E-state index >= 15 is 0 Å². The first-order valence-electron chi connectivity index (χ1n) is 9.28. The molecule has 5 nitrogen and oxygen atoms in total. The van der Waals surface area contributed by atoms with Crippen molar-refractivity contribution in [3.05, 3.63) is 48.3 Å². The van der Waals surface area contributed by atoms with E-state index in [9.17, 15) is 0 Å². The number of oxazole rings is 1. The van der Waals surface area contributed by atoms with Gasteiger partial charge in [-0.05, 0) is 43.2 Å². The highest BCUT2D eigenvalue weighted by atomic mass is 16.5. The van der Waals surface area contributed by atoms with E-state index in [0.29, 0.717) is 11.9 Å². The molecule has 0 saturated carbocycles. The summed E-state index contributed by atoms with van der Waals surface area (Å²) in [5.41, 5.74) is 4.85. The Labute approximate surface area is 151 Å². The van der Waals surface area contributed by atoms with Gasteiger partial charge >= 0.3 is 0 Å². The summed E-state index contributed by atoms with van der Waals surface area (Å²) in [5, 5.41) is 0. The Bertz CT molecular complexity index is 1040. The molecule has 2 aromatic heterocycles. The first kappa shape index (κ1) is 15.6. The van der Waals surface area contributed by atoms with E-state index in [4.69, 9.17) is 14.1 Å². The SMILES string of the molecule is CCc1nc2cc(-c3nc4ccccc4o3)ccc2n1C1CCOCC1. The molecule has 3 heterocycles. The summed E-state index contributed by atoms with van der Waals surface area (Å²) in [5.74, 6) is 1.79. The van der Waals surface area contributed by atoms with Crippen LogP contribution in [0.3, 0.4) is 0 Å². The van der Waals surface area contributed by atoms with Crippen LogP contribution in [-0.2, 0) is 11.2 Å². The summed E-state index contributed by atoms with van der Waals surface area (Å²) < 4.78 is 13.9. The fourth-order valence-corrected chi connectivity index (χ4v) is 3.88. The maximum atomic E-state index is 5.92. The molecule has 4 aromatic rings. The molecule has 132 valence electrons. The molecule has 0 bridgehead atoms. The van der Waals surface area contributed by atoms with E-state index in [0.717, 1.165) is 60.5 Å². The number of fused-ring (bicyclic) bond motifs is 2. The molecular formula is C21H21N3O2. The maximum Gasteiger partial charge on any atom is 0.227 e. The van der Waals surface area contributed by atoms with Gasteiger partial charge in [0, 0.05) is 31.2 Å². The van der Waals surface area contributed by atoms with E-state index < -0.39 is 0 Å². The van der Waals surface area contributed by atoms with Crippen molar-refractivity contribution in [2.75, 3.05) is 13.2 Å². The van der Waals surface area contributed by atoms with E-state index in [1.54, 1.807) is 0 Å². The van der Waals surface area contributed by atoms with Crippen LogP contribution in [0.15, 0.2) is 46.9 Å². The summed E-state index contributed by atoms with van der Waals surface area (Å²) in [6, 6.07) is 14.7. The van der Waals surface area contributed by atoms with Gasteiger partial charge in [0.2, 0.25) is 5.89 Å². The smallest absolute Gasteiger partial charge is 0.227 e. The average molecular weight is 347 g/mol. The van der Waals surface area contributed by atoms with Crippen LogP contribution in [0.4, 0.5) is 0 Å². The first-order valence-corrected chi connectivity index (χ1v) is 9.28. The molecule has 5 rings (SSSR count). The number of para-hydroxylation sites is 2. The Balaban J connectivity index is 1.61. The fraction of sp³-hybridized carbons (Fsp3) is 0.333. The summed E-state index contributed by atoms with van der Waals surface area (Å²) in [7, 11) is 0. The normalized spacial score (nSPS) is 15.9. The number of ether oxygens (including phenoxy) is 1. The fourth-order valence-electron chi connectivity index (χ4n) is 3.88. The molecule has 0 amide bonds. The summed E-state index contributed by atoms with van der Waals surface area (Å²) >= 11 is 0. The van der Waals surface area contributed by atoms with Crippen LogP contribution in [0, 0.1) is 0 Å². The summed E-state index contributed by atoms with van der Waals surface area (Å²) in [4.78, 5) is 9.51. The number of hydrogen-bond acceptors (Lipinski definition) is 4. The standard InChI is InChI=1S/C21H21N3O2/c1-2-20-22-17-13-14(21-23-16-5-3-4-6-19(16)26-21)7-8-18(17)24(20)15-9-11-25-12-10-15/h3-8,13,15H,2,9-12H2,1H3. The number of rotatable bonds is 3. The Morgan fingerprint density at radius 3 is 2.69 bits per heavy atom. The number of aryl methyl sites for hydroxylation is 1. The first-order chi connectivity index (χ1) is 12.8. The van der Waals surface area contributed by atoms with Gasteiger partial charge < -0.3 is 13.7 Å². The molecule has 1 aliphatic rings. The number of hydrogen-bond donors (Lipinski definition) is 0. The van der Waals surface area contributed by atoms with Gasteiger partial charge in [-0.15, -0.1) is 0 Å². The lowest BCUT2D eigenvalue weighted by molar-refractivity contribution is 0.0699. The summed E-state index contributed by atoms with van der Waals surface area (Å²) in [6.45, 7) is 3.82. The zero-order valence-electron chi connectivity index (χ0n) is 14.8. The Morgan fingerprint density at radius 1 is 1.04 bits per heavy atom. The number of imidazole rings is 1. The topological polar surface area (TPSA) is 53.1 Å². The van der Waals surface area contributed by atoms with Crippen molar-refractivity contribution < 1.29 is 9.15 Å². The van der Waals surface area contributed by atoms with Crippen molar-refractivity contribution in [2.24, 2.45) is 0 Å². The lowest BCUT2D eigenvalue weighted by Gasteiger charge is -2.25. The van der Waals surface area contributed by atoms with Crippen molar-refractivity contribution >= 4 is 22.1 Å². The van der Waals surface area contributed by atoms with Gasteiger partial charge in [0.05, 0.1) is 11.0 Å². The molecule has 0 spiro atoms. The zero-order valence-corrected chi connectivity index (χ0v) is 14.8. The Hall–Kier alpha value is -2.66. The van der Waals surface area contributed by atoms with Gasteiger partial charge in [0.25, 0.3) is 0 Å². The minimum atomic E-state index is 0.471. The molecule has 5 heteroatoms. The second kappa shape index (κ2) is 6.25. The van der Waals surface area contributed by atoms with Crippen LogP contribution in [0.2, 0.25) is 0 Å². The van der Waals surface area contributed by atoms with E-state index in [-0.39, 0.29) is 0 Å². The Morgan fingerprint density at radius 2 is 1.88 bits per heavy atom. The van der Waals surface area contributed by atoms with Crippen LogP contribution < -0.4 is 0 Å². The van der Waals surface area contributed by atoms with Crippen LogP contribution in [0.1, 0.15) is 31.6 Å². The van der Waals surface area contributed by atoms with Gasteiger partial charge in [0.1, 0.15) is 11.3 Å². The summed E-state index contributed by atoms with van der Waals surface area (Å²) in [6.07, 6.45) is 3.01. The predicted octanol–water partition coefficient (Wildman–Crippen LogP) is 4.76. The number of nitrogens with zero attached hydrogens (tertiary/aromatic N) is 3. The van der Waals surface area contributed by atoms with Gasteiger partial charge in [0.15, 0.2) is 5.58 Å². The van der Waals surface area contributed by atoms with Gasteiger partial charge in [-0.25, -0.2) is 9.97 Å². The van der Waals surface area contributed by atoms with Crippen molar-refractivity contribution in [3.63, 3.8) is 0 Å². The molecule has 1 saturated heterocycles. The third-order valence-corrected chi connectivity index (χ3v) is 5.18. The van der Waals surface area contributed by atoms with Crippen molar-refractivity contribution in [1.82, 2.24) is 14.5 Å². The highest BCUT2D eigenvalue weighted by Crippen LogP contribution is 2.31. The molecule has 0 N–H and O–H groups in total. The van der Waals surface area contributed by atoms with Crippen molar-refractivity contribution in [3.8, 4) is 11.5 Å². The van der Waals surface area contributed by atoms with Gasteiger partial charge in [-0.1, -0.05) is 19.1 Å². The highest BCUT2D eigenvalue weighted by molar-refractivity contribution is 5.83. The van der Waals surface area contributed by atoms with Crippen molar-refractivity contribution in [2.45, 2.75) is 32.2 Å². The lowest BCUT2D eigenvalue weighted by atomic mass is 10.1. The van der Waals surface area contributed by atoms with Gasteiger partial charge in [-0.3, -0.25) is 0 Å². The van der Waals surface area contributed by atoms with Crippen LogP contribution in [0.25, 0.3) is 33.6 Å². The molecular weight excluding hydrogens is 326 g/mol. The number of aromatic nitrogens is 3. The quantitative estimate of drug-likeness (QED) is 0.536.